The number of para-hydroxylation sites is 2. The number of benzene rings is 2. The largest absolute Gasteiger partial charge is 0.306 e. The molecule has 0 radical (unpaired) electrons. The lowest BCUT2D eigenvalue weighted by Gasteiger charge is -2.05. The van der Waals surface area contributed by atoms with E-state index in [9.17, 15) is 0 Å². The highest BCUT2D eigenvalue weighted by Crippen LogP contribution is 2.15. The first-order valence-corrected chi connectivity index (χ1v) is 7.99. The summed E-state index contributed by atoms with van der Waals surface area (Å²) in [4.78, 5) is 4.40. The van der Waals surface area contributed by atoms with Gasteiger partial charge in [0.25, 0.3) is 0 Å². The van der Waals surface area contributed by atoms with Crippen LogP contribution >= 0.6 is 0 Å². The maximum absolute atomic E-state index is 8.67. The van der Waals surface area contributed by atoms with Crippen LogP contribution in [0.1, 0.15) is 11.3 Å². The summed E-state index contributed by atoms with van der Waals surface area (Å²) >= 11 is 0. The van der Waals surface area contributed by atoms with Gasteiger partial charge in [-0.2, -0.15) is 0 Å². The number of aromatic nitrogens is 3. The molecule has 4 rings (SSSR count). The second-order valence-electron chi connectivity index (χ2n) is 5.79. The van der Waals surface area contributed by atoms with Gasteiger partial charge in [-0.3, -0.25) is 10.4 Å². The molecule has 118 valence electrons. The zero-order valence-electron chi connectivity index (χ0n) is 13.3. The van der Waals surface area contributed by atoms with Gasteiger partial charge in [0.05, 0.1) is 29.8 Å². The molecule has 0 aliphatic heterocycles. The van der Waals surface area contributed by atoms with Crippen molar-refractivity contribution in [1.82, 2.24) is 14.1 Å². The van der Waals surface area contributed by atoms with Crippen molar-refractivity contribution in [2.45, 2.75) is 13.1 Å². The van der Waals surface area contributed by atoms with Crippen LogP contribution in [-0.4, -0.2) is 14.1 Å². The molecular formula is C20H18N4. The molecule has 4 aromatic rings. The lowest BCUT2D eigenvalue weighted by atomic mass is 10.2. The molecule has 2 aromatic carbocycles. The molecule has 4 heteroatoms. The van der Waals surface area contributed by atoms with E-state index in [4.69, 9.17) is 5.41 Å². The third-order valence-electron chi connectivity index (χ3n) is 4.20. The molecule has 0 atom stereocenters. The van der Waals surface area contributed by atoms with Crippen molar-refractivity contribution < 1.29 is 0 Å². The number of nitrogens with zero attached hydrogens (tertiary/aromatic N) is 3. The molecule has 2 aromatic heterocycles. The highest BCUT2D eigenvalue weighted by molar-refractivity contribution is 5.76. The molecule has 4 nitrogen and oxygen atoms in total. The van der Waals surface area contributed by atoms with Crippen molar-refractivity contribution in [3.63, 3.8) is 0 Å². The average Bonchev–Trinajstić information content (AvgIpc) is 2.90. The third-order valence-corrected chi connectivity index (χ3v) is 4.20. The third kappa shape index (κ3) is 2.63. The van der Waals surface area contributed by atoms with Gasteiger partial charge in [-0.25, -0.2) is 0 Å². The topological polar surface area (TPSA) is 46.6 Å². The van der Waals surface area contributed by atoms with E-state index in [0.717, 1.165) is 16.7 Å². The number of imidazole rings is 1. The van der Waals surface area contributed by atoms with Crippen molar-refractivity contribution in [1.29, 1.82) is 5.41 Å². The Morgan fingerprint density at radius 2 is 1.33 bits per heavy atom. The number of hydrogen-bond acceptors (Lipinski definition) is 2. The Kier molecular flexibility index (Phi) is 3.71. The molecule has 0 amide bonds. The van der Waals surface area contributed by atoms with E-state index in [1.807, 2.05) is 57.7 Å². The van der Waals surface area contributed by atoms with Crippen LogP contribution in [0.3, 0.4) is 0 Å². The normalized spacial score (nSPS) is 11.0. The van der Waals surface area contributed by atoms with E-state index in [1.54, 1.807) is 6.20 Å². The molecule has 0 fully saturated rings. The van der Waals surface area contributed by atoms with Gasteiger partial charge in [-0.15, -0.1) is 0 Å². The fourth-order valence-electron chi connectivity index (χ4n) is 3.03. The summed E-state index contributed by atoms with van der Waals surface area (Å²) in [6, 6.07) is 24.3. The number of fused-ring (bicyclic) bond motifs is 1. The molecule has 0 saturated carbocycles. The fourth-order valence-corrected chi connectivity index (χ4v) is 3.03. The number of pyridine rings is 1. The number of rotatable bonds is 4. The Hall–Kier alpha value is -3.14. The number of hydrogen-bond donors (Lipinski definition) is 1. The highest BCUT2D eigenvalue weighted by atomic mass is 15.2. The van der Waals surface area contributed by atoms with Gasteiger partial charge >= 0.3 is 0 Å². The Bertz CT molecular complexity index is 932. The molecule has 0 aliphatic rings. The van der Waals surface area contributed by atoms with E-state index in [0.29, 0.717) is 18.7 Å². The first kappa shape index (κ1) is 14.5. The predicted octanol–water partition coefficient (Wildman–Crippen LogP) is 3.41. The van der Waals surface area contributed by atoms with Crippen LogP contribution in [0.5, 0.6) is 0 Å². The second kappa shape index (κ2) is 6.16. The monoisotopic (exact) mass is 314 g/mol. The summed E-state index contributed by atoms with van der Waals surface area (Å²) in [7, 11) is 0. The molecular weight excluding hydrogens is 296 g/mol. The van der Waals surface area contributed by atoms with Crippen LogP contribution in [0.15, 0.2) is 79.0 Å². The summed E-state index contributed by atoms with van der Waals surface area (Å²) in [5.74, 6) is 0. The molecule has 0 spiro atoms. The first-order chi connectivity index (χ1) is 11.8. The molecule has 1 N–H and O–H groups in total. The summed E-state index contributed by atoms with van der Waals surface area (Å²) in [6.45, 7) is 1.29. The van der Waals surface area contributed by atoms with Gasteiger partial charge in [-0.05, 0) is 29.8 Å². The average molecular weight is 314 g/mol. The van der Waals surface area contributed by atoms with Crippen LogP contribution in [0.4, 0.5) is 0 Å². The molecule has 0 aliphatic carbocycles. The second-order valence-corrected chi connectivity index (χ2v) is 5.79. The smallest absolute Gasteiger partial charge is 0.203 e. The predicted molar refractivity (Wildman–Crippen MR) is 94.7 cm³/mol. The quantitative estimate of drug-likeness (QED) is 0.616. The molecule has 0 bridgehead atoms. The van der Waals surface area contributed by atoms with E-state index in [2.05, 4.69) is 29.2 Å². The molecule has 2 heterocycles. The van der Waals surface area contributed by atoms with Crippen molar-refractivity contribution in [3.05, 3.63) is 95.9 Å². The maximum atomic E-state index is 8.67. The van der Waals surface area contributed by atoms with Gasteiger partial charge in [0.2, 0.25) is 5.62 Å². The lowest BCUT2D eigenvalue weighted by molar-refractivity contribution is 0.657. The maximum Gasteiger partial charge on any atom is 0.203 e. The Morgan fingerprint density at radius 1 is 0.708 bits per heavy atom. The SMILES string of the molecule is N=c1n(Cc2ccccc2)c2ccccc2n1Cc1ccccn1. The summed E-state index contributed by atoms with van der Waals surface area (Å²) in [5.41, 5.74) is 4.77. The van der Waals surface area contributed by atoms with E-state index in [-0.39, 0.29) is 0 Å². The highest BCUT2D eigenvalue weighted by Gasteiger charge is 2.11. The molecule has 0 saturated heterocycles. The zero-order valence-corrected chi connectivity index (χ0v) is 13.3. The Morgan fingerprint density at radius 3 is 2.00 bits per heavy atom. The van der Waals surface area contributed by atoms with Gasteiger partial charge in [-0.1, -0.05) is 48.5 Å². The van der Waals surface area contributed by atoms with E-state index < -0.39 is 0 Å². The summed E-state index contributed by atoms with van der Waals surface area (Å²) in [6.07, 6.45) is 1.79. The minimum Gasteiger partial charge on any atom is -0.306 e. The standard InChI is InChI=1S/C20H18N4/c21-20-23(14-16-8-2-1-3-9-16)18-11-4-5-12-19(18)24(20)15-17-10-6-7-13-22-17/h1-13,21H,14-15H2. The van der Waals surface area contributed by atoms with Crippen LogP contribution in [-0.2, 0) is 13.1 Å². The van der Waals surface area contributed by atoms with Crippen molar-refractivity contribution in [2.75, 3.05) is 0 Å². The summed E-state index contributed by atoms with van der Waals surface area (Å²) < 4.78 is 4.06. The van der Waals surface area contributed by atoms with Gasteiger partial charge in [0, 0.05) is 6.20 Å². The fraction of sp³-hybridized carbons (Fsp3) is 0.100. The molecule has 0 unspecified atom stereocenters. The molecule has 24 heavy (non-hydrogen) atoms. The van der Waals surface area contributed by atoms with Crippen LogP contribution in [0, 0.1) is 5.41 Å². The van der Waals surface area contributed by atoms with Crippen LogP contribution in [0.25, 0.3) is 11.0 Å². The van der Waals surface area contributed by atoms with E-state index >= 15 is 0 Å². The van der Waals surface area contributed by atoms with Gasteiger partial charge in [0.15, 0.2) is 0 Å². The Balaban J connectivity index is 1.83. The van der Waals surface area contributed by atoms with Crippen molar-refractivity contribution >= 4 is 11.0 Å². The van der Waals surface area contributed by atoms with Gasteiger partial charge in [0.1, 0.15) is 0 Å². The minimum absolute atomic E-state index is 0.491. The van der Waals surface area contributed by atoms with E-state index in [1.165, 1.54) is 5.56 Å². The van der Waals surface area contributed by atoms with Crippen molar-refractivity contribution in [3.8, 4) is 0 Å². The first-order valence-electron chi connectivity index (χ1n) is 7.99. The summed E-state index contributed by atoms with van der Waals surface area (Å²) in [5, 5.41) is 8.67. The van der Waals surface area contributed by atoms with Crippen molar-refractivity contribution in [2.24, 2.45) is 0 Å². The zero-order chi connectivity index (χ0) is 16.4. The Labute approximate surface area is 140 Å². The van der Waals surface area contributed by atoms with Gasteiger partial charge < -0.3 is 9.13 Å². The minimum atomic E-state index is 0.491. The number of nitrogens with one attached hydrogen (secondary N) is 1. The lowest BCUT2D eigenvalue weighted by Crippen LogP contribution is -2.25. The van der Waals surface area contributed by atoms with Crippen LogP contribution in [0.2, 0.25) is 0 Å². The van der Waals surface area contributed by atoms with Crippen LogP contribution < -0.4 is 5.62 Å².